The predicted molar refractivity (Wildman–Crippen MR) is 267 cm³/mol. The number of nitrogens with one attached hydrogen (secondary N) is 1. The Morgan fingerprint density at radius 2 is 1.53 bits per heavy atom. The van der Waals surface area contributed by atoms with Gasteiger partial charge in [0.15, 0.2) is 5.13 Å². The van der Waals surface area contributed by atoms with Gasteiger partial charge in [-0.25, -0.2) is 19.4 Å². The quantitative estimate of drug-likeness (QED) is 0.0695. The first-order chi connectivity index (χ1) is 35.3. The minimum Gasteiger partial charge on any atom is -0.491 e. The fourth-order valence-corrected chi connectivity index (χ4v) is 11.4. The second-order valence-corrected chi connectivity index (χ2v) is 18.4. The molecule has 6 aromatic carbocycles. The number of aliphatic hydroxyl groups is 1. The van der Waals surface area contributed by atoms with Gasteiger partial charge in [-0.15, -0.1) is 5.10 Å². The third-order valence-electron chi connectivity index (χ3n) is 13.4. The lowest BCUT2D eigenvalue weighted by Crippen LogP contribution is -2.54. The van der Waals surface area contributed by atoms with Gasteiger partial charge in [0.1, 0.15) is 48.6 Å². The number of imide groups is 1. The number of aliphatic hydroxyl groups excluding tert-OH is 1. The van der Waals surface area contributed by atoms with Crippen molar-refractivity contribution in [2.75, 3.05) is 43.8 Å². The van der Waals surface area contributed by atoms with Gasteiger partial charge in [0, 0.05) is 12.7 Å². The van der Waals surface area contributed by atoms with Crippen LogP contribution in [0.3, 0.4) is 0 Å². The van der Waals surface area contributed by atoms with E-state index in [0.29, 0.717) is 33.5 Å². The number of esters is 1. The predicted octanol–water partition coefficient (Wildman–Crippen LogP) is 7.55. The van der Waals surface area contributed by atoms with Crippen molar-refractivity contribution < 1.29 is 43.2 Å². The Labute approximate surface area is 416 Å². The van der Waals surface area contributed by atoms with Crippen molar-refractivity contribution in [2.45, 2.75) is 36.2 Å². The molecule has 0 bridgehead atoms. The number of carbonyl (C=O) groups excluding carboxylic acids is 4. The van der Waals surface area contributed by atoms with Crippen LogP contribution < -0.4 is 15.0 Å². The molecule has 1 spiro atoms. The number of para-hydroxylation sites is 2. The van der Waals surface area contributed by atoms with Gasteiger partial charge in [-0.05, 0) is 76.9 Å². The van der Waals surface area contributed by atoms with Crippen LogP contribution in [0, 0.1) is 17.8 Å². The number of hydrogen-bond donors (Lipinski definition) is 2. The van der Waals surface area contributed by atoms with Crippen LogP contribution in [0.5, 0.6) is 5.75 Å². The molecule has 17 heteroatoms. The minimum absolute atomic E-state index is 0.0263. The van der Waals surface area contributed by atoms with Gasteiger partial charge in [-0.2, -0.15) is 0 Å². The van der Waals surface area contributed by atoms with Gasteiger partial charge in [-0.1, -0.05) is 125 Å². The summed E-state index contributed by atoms with van der Waals surface area (Å²) in [6.45, 7) is -0.167. The van der Waals surface area contributed by atoms with Crippen molar-refractivity contribution in [3.8, 4) is 17.6 Å². The van der Waals surface area contributed by atoms with E-state index in [-0.39, 0.29) is 49.4 Å². The van der Waals surface area contributed by atoms with E-state index < -0.39 is 59.4 Å². The zero-order chi connectivity index (χ0) is 49.3. The molecule has 11 rings (SSSR count). The maximum Gasteiger partial charge on any atom is 0.421 e. The number of benzene rings is 6. The zero-order valence-electron chi connectivity index (χ0n) is 38.7. The van der Waals surface area contributed by atoms with E-state index in [1.165, 1.54) is 18.4 Å². The van der Waals surface area contributed by atoms with Crippen molar-refractivity contribution in [2.24, 2.45) is 5.92 Å². The number of rotatable bonds is 12. The normalized spacial score (nSPS) is 21.2. The number of hydrogen-bond acceptors (Lipinski definition) is 14. The topological polar surface area (TPSA) is 188 Å². The van der Waals surface area contributed by atoms with Gasteiger partial charge in [0.2, 0.25) is 11.8 Å². The molecular weight excluding hydrogens is 935 g/mol. The van der Waals surface area contributed by atoms with Crippen LogP contribution in [0.1, 0.15) is 46.0 Å². The number of cyclic esters (lactones) is 1. The van der Waals surface area contributed by atoms with Crippen LogP contribution >= 0.6 is 11.3 Å². The number of methoxy groups -OCH3 is 1. The van der Waals surface area contributed by atoms with E-state index in [2.05, 4.69) is 27.5 Å². The number of nitrogens with zero attached hydrogens (tertiary/aromatic N) is 6. The summed E-state index contributed by atoms with van der Waals surface area (Å²) in [5.41, 5.74) is 2.84. The number of anilines is 2. The van der Waals surface area contributed by atoms with Crippen LogP contribution in [0.25, 0.3) is 21.3 Å². The summed E-state index contributed by atoms with van der Waals surface area (Å²) in [4.78, 5) is 70.2. The van der Waals surface area contributed by atoms with Gasteiger partial charge < -0.3 is 29.4 Å². The summed E-state index contributed by atoms with van der Waals surface area (Å²) in [7, 11) is 1.46. The molecule has 0 aliphatic carbocycles. The van der Waals surface area contributed by atoms with Crippen molar-refractivity contribution in [1.29, 1.82) is 0 Å². The molecule has 0 unspecified atom stereocenters. The fourth-order valence-electron chi connectivity index (χ4n) is 10.5. The van der Waals surface area contributed by atoms with E-state index in [1.54, 1.807) is 47.1 Å². The highest BCUT2D eigenvalue weighted by Gasteiger charge is 2.76. The molecule has 5 heterocycles. The van der Waals surface area contributed by atoms with Gasteiger partial charge in [0.05, 0.1) is 52.6 Å². The first-order valence-corrected chi connectivity index (χ1v) is 24.1. The average Bonchev–Trinajstić information content (AvgIpc) is 4.17. The summed E-state index contributed by atoms with van der Waals surface area (Å²) >= 11 is 1.24. The molecule has 0 saturated carbocycles. The summed E-state index contributed by atoms with van der Waals surface area (Å²) in [6, 6.07) is 42.4. The smallest absolute Gasteiger partial charge is 0.421 e. The lowest BCUT2D eigenvalue weighted by molar-refractivity contribution is -0.177. The van der Waals surface area contributed by atoms with Gasteiger partial charge >= 0.3 is 12.1 Å². The summed E-state index contributed by atoms with van der Waals surface area (Å²) < 4.78 is 25.9. The number of morpholine rings is 1. The van der Waals surface area contributed by atoms with E-state index in [1.807, 2.05) is 114 Å². The van der Waals surface area contributed by atoms with Gasteiger partial charge in [0.25, 0.3) is 0 Å². The Hall–Kier alpha value is -8.27. The minimum atomic E-state index is -2.09. The fraction of sp³-hybridized carbons (Fsp3) is 0.218. The summed E-state index contributed by atoms with van der Waals surface area (Å²) in [6.07, 6.45) is -1.94. The number of thiazole rings is 1. The Bertz CT molecular complexity index is 3380. The molecule has 0 radical (unpaired) electrons. The number of fused-ring (bicyclic) bond motifs is 5. The Morgan fingerprint density at radius 3 is 2.28 bits per heavy atom. The molecule has 2 N–H and O–H groups in total. The van der Waals surface area contributed by atoms with E-state index in [0.717, 1.165) is 20.7 Å². The standard InChI is InChI=1S/C55H45N7O9S/c1-68-31-32-70-54(67)61-42-27-22-34(13-12-28-60-43-20-10-8-18-40(43)58-59-60)33-39(42)55(52(61)66)45(50(64)57-53-56-41-19-9-11-21-44(41)72-53)47-51(65)71-48(36-16-6-3-7-17-36)46(35-14-4-2-5-15-35)62(47)49(55)37-23-25-38(26-24-37)69-30-29-63/h2-11,14-27,33,45-49,63H,28-32H2,1H3,(H,56,57,64)/t45-,46-,47-,48+,49+,55-/m0/s1. The number of aromatic nitrogens is 4. The summed E-state index contributed by atoms with van der Waals surface area (Å²) in [5.74, 6) is 3.02. The monoisotopic (exact) mass is 979 g/mol. The molecule has 3 aliphatic rings. The van der Waals surface area contributed by atoms with Crippen LogP contribution in [0.2, 0.25) is 0 Å². The molecule has 3 amide bonds. The third-order valence-corrected chi connectivity index (χ3v) is 14.4. The summed E-state index contributed by atoms with van der Waals surface area (Å²) in [5, 5.41) is 21.5. The lowest BCUT2D eigenvalue weighted by atomic mass is 9.65. The Morgan fingerprint density at radius 1 is 0.806 bits per heavy atom. The molecule has 2 saturated heterocycles. The average molecular weight is 980 g/mol. The van der Waals surface area contributed by atoms with Crippen LogP contribution in [0.15, 0.2) is 152 Å². The lowest BCUT2D eigenvalue weighted by Gasteiger charge is -2.46. The molecule has 360 valence electrons. The van der Waals surface area contributed by atoms with E-state index in [9.17, 15) is 9.90 Å². The molecule has 8 aromatic rings. The largest absolute Gasteiger partial charge is 0.491 e. The second kappa shape index (κ2) is 19.5. The highest BCUT2D eigenvalue weighted by Crippen LogP contribution is 2.66. The van der Waals surface area contributed by atoms with Crippen LogP contribution in [-0.4, -0.2) is 93.4 Å². The van der Waals surface area contributed by atoms with Crippen molar-refractivity contribution in [1.82, 2.24) is 24.9 Å². The Kier molecular flexibility index (Phi) is 12.5. The molecule has 72 heavy (non-hydrogen) atoms. The number of ether oxygens (including phenoxy) is 4. The third kappa shape index (κ3) is 8.00. The molecular formula is C55H45N7O9S. The molecule has 16 nitrogen and oxygen atoms in total. The highest BCUT2D eigenvalue weighted by molar-refractivity contribution is 7.22. The molecule has 3 aliphatic heterocycles. The van der Waals surface area contributed by atoms with Crippen molar-refractivity contribution in [3.05, 3.63) is 179 Å². The van der Waals surface area contributed by atoms with Crippen LogP contribution in [-0.2, 0) is 40.6 Å². The van der Waals surface area contributed by atoms with Crippen molar-refractivity contribution in [3.63, 3.8) is 0 Å². The second-order valence-electron chi connectivity index (χ2n) is 17.4. The first kappa shape index (κ1) is 46.1. The zero-order valence-corrected chi connectivity index (χ0v) is 39.5. The number of carbonyl (C=O) groups is 4. The van der Waals surface area contributed by atoms with E-state index in [4.69, 9.17) is 23.9 Å². The maximum absolute atomic E-state index is 16.5. The SMILES string of the molecule is COCCOC(=O)N1C(=O)[C@@]2(c3cc(C#CCn4nnc5ccccc54)ccc31)[C@H](C(=O)Nc1nc3ccccc3s1)[C@H]1C(=O)O[C@H](c3ccccc3)[C@H](c3ccccc3)N1[C@@H]2c1ccc(OCCO)cc1. The number of amides is 3. The van der Waals surface area contributed by atoms with Crippen molar-refractivity contribution >= 4 is 67.3 Å². The molecule has 2 aromatic heterocycles. The Balaban J connectivity index is 1.17. The highest BCUT2D eigenvalue weighted by atomic mass is 32.1. The molecule has 6 atom stereocenters. The molecule has 2 fully saturated rings. The van der Waals surface area contributed by atoms with E-state index >= 15 is 14.4 Å². The van der Waals surface area contributed by atoms with Crippen LogP contribution in [0.4, 0.5) is 15.6 Å². The maximum atomic E-state index is 16.5. The van der Waals surface area contributed by atoms with Gasteiger partial charge in [-0.3, -0.25) is 19.3 Å². The first-order valence-electron chi connectivity index (χ1n) is 23.3.